The normalized spacial score (nSPS) is 9.00. The van der Waals surface area contributed by atoms with Gasteiger partial charge in [-0.1, -0.05) is 24.0 Å². The van der Waals surface area contributed by atoms with Crippen molar-refractivity contribution in [3.63, 3.8) is 0 Å². The molecule has 2 heteroatoms. The molecule has 0 aliphatic rings. The van der Waals surface area contributed by atoms with Crippen molar-refractivity contribution in [2.75, 3.05) is 19.3 Å². The Kier molecular flexibility index (Phi) is 3.87. The van der Waals surface area contributed by atoms with E-state index in [9.17, 15) is 0 Å². The quantitative estimate of drug-likeness (QED) is 0.402. The molecule has 0 aliphatic carbocycles. The number of benzene rings is 1. The molecule has 0 atom stereocenters. The van der Waals surface area contributed by atoms with Crippen molar-refractivity contribution in [2.45, 2.75) is 6.42 Å². The molecule has 1 rings (SSSR count). The average Bonchev–Trinajstić information content (AvgIpc) is 2.15. The first-order valence-electron chi connectivity index (χ1n) is 4.32. The van der Waals surface area contributed by atoms with Gasteiger partial charge in [-0.25, -0.2) is 0 Å². The summed E-state index contributed by atoms with van der Waals surface area (Å²) in [6, 6.07) is 7.65. The van der Waals surface area contributed by atoms with Gasteiger partial charge in [-0.3, -0.25) is 0 Å². The summed E-state index contributed by atoms with van der Waals surface area (Å²) in [6.07, 6.45) is 0.852. The van der Waals surface area contributed by atoms with Crippen molar-refractivity contribution in [1.82, 2.24) is 5.32 Å². The summed E-state index contributed by atoms with van der Waals surface area (Å²) in [5.41, 5.74) is 7.38. The van der Waals surface area contributed by atoms with E-state index in [0.29, 0.717) is 0 Å². The third kappa shape index (κ3) is 3.18. The molecule has 0 bridgehead atoms. The van der Waals surface area contributed by atoms with Gasteiger partial charge in [-0.05, 0) is 19.2 Å². The Balaban J connectivity index is 2.61. The van der Waals surface area contributed by atoms with E-state index in [0.717, 1.165) is 24.2 Å². The number of nitrogens with two attached hydrogens (primary N) is 1. The second-order valence-electron chi connectivity index (χ2n) is 2.74. The van der Waals surface area contributed by atoms with Gasteiger partial charge in [0.25, 0.3) is 0 Å². The van der Waals surface area contributed by atoms with Gasteiger partial charge >= 0.3 is 0 Å². The monoisotopic (exact) mass is 174 g/mol. The molecule has 0 heterocycles. The van der Waals surface area contributed by atoms with Crippen LogP contribution in [0, 0.1) is 11.8 Å². The van der Waals surface area contributed by atoms with Crippen LogP contribution in [0.2, 0.25) is 0 Å². The molecule has 0 spiro atoms. The highest BCUT2D eigenvalue weighted by atomic mass is 14.8. The Labute approximate surface area is 79.1 Å². The van der Waals surface area contributed by atoms with Crippen molar-refractivity contribution in [3.8, 4) is 11.8 Å². The van der Waals surface area contributed by atoms with E-state index in [1.54, 1.807) is 0 Å². The number of nitrogens with one attached hydrogen (secondary N) is 1. The number of anilines is 1. The lowest BCUT2D eigenvalue weighted by Crippen LogP contribution is -2.05. The van der Waals surface area contributed by atoms with Gasteiger partial charge in [0.15, 0.2) is 0 Å². The van der Waals surface area contributed by atoms with E-state index in [1.165, 1.54) is 0 Å². The zero-order valence-corrected chi connectivity index (χ0v) is 7.80. The molecule has 3 N–H and O–H groups in total. The van der Waals surface area contributed by atoms with Crippen LogP contribution in [0.4, 0.5) is 5.69 Å². The second-order valence-corrected chi connectivity index (χ2v) is 2.74. The topological polar surface area (TPSA) is 38.0 Å². The standard InChI is InChI=1S/C11H14N2/c1-13-9-5-4-7-10-6-2-3-8-11(10)12/h2-3,6,8,13H,5,9,12H2,1H3. The van der Waals surface area contributed by atoms with Gasteiger partial charge < -0.3 is 11.1 Å². The first kappa shape index (κ1) is 9.63. The molecule has 13 heavy (non-hydrogen) atoms. The molecule has 68 valence electrons. The Morgan fingerprint density at radius 3 is 2.85 bits per heavy atom. The van der Waals surface area contributed by atoms with Crippen molar-refractivity contribution in [2.24, 2.45) is 0 Å². The van der Waals surface area contributed by atoms with Crippen LogP contribution in [0.3, 0.4) is 0 Å². The summed E-state index contributed by atoms with van der Waals surface area (Å²) in [5.74, 6) is 6.08. The Bertz CT molecular complexity index is 320. The average molecular weight is 174 g/mol. The van der Waals surface area contributed by atoms with Gasteiger partial charge in [-0.15, -0.1) is 0 Å². The van der Waals surface area contributed by atoms with Gasteiger partial charge in [0.05, 0.1) is 0 Å². The van der Waals surface area contributed by atoms with Crippen LogP contribution in [0.1, 0.15) is 12.0 Å². The van der Waals surface area contributed by atoms with Crippen LogP contribution in [0.25, 0.3) is 0 Å². The fourth-order valence-corrected chi connectivity index (χ4v) is 0.956. The highest BCUT2D eigenvalue weighted by Gasteiger charge is 1.90. The molecule has 1 aromatic rings. The molecule has 0 aromatic heterocycles. The summed E-state index contributed by atoms with van der Waals surface area (Å²) in [4.78, 5) is 0. The predicted molar refractivity (Wildman–Crippen MR) is 56.3 cm³/mol. The van der Waals surface area contributed by atoms with Gasteiger partial charge in [0.2, 0.25) is 0 Å². The highest BCUT2D eigenvalue weighted by molar-refractivity contribution is 5.55. The molecular weight excluding hydrogens is 160 g/mol. The number of rotatable bonds is 2. The molecule has 0 amide bonds. The van der Waals surface area contributed by atoms with Crippen molar-refractivity contribution < 1.29 is 0 Å². The zero-order valence-electron chi connectivity index (χ0n) is 7.80. The second kappa shape index (κ2) is 5.23. The third-order valence-corrected chi connectivity index (χ3v) is 1.68. The molecule has 2 nitrogen and oxygen atoms in total. The van der Waals surface area contributed by atoms with E-state index in [4.69, 9.17) is 5.73 Å². The van der Waals surface area contributed by atoms with Crippen LogP contribution >= 0.6 is 0 Å². The van der Waals surface area contributed by atoms with E-state index >= 15 is 0 Å². The predicted octanol–water partition coefficient (Wildman–Crippen LogP) is 1.23. The lowest BCUT2D eigenvalue weighted by Gasteiger charge is -1.95. The van der Waals surface area contributed by atoms with Crippen molar-refractivity contribution >= 4 is 5.69 Å². The van der Waals surface area contributed by atoms with E-state index in [1.807, 2.05) is 31.3 Å². The molecule has 0 aliphatic heterocycles. The minimum Gasteiger partial charge on any atom is -0.398 e. The first-order valence-corrected chi connectivity index (χ1v) is 4.32. The molecule has 0 saturated heterocycles. The van der Waals surface area contributed by atoms with Gasteiger partial charge in [0, 0.05) is 24.2 Å². The summed E-state index contributed by atoms with van der Waals surface area (Å²) < 4.78 is 0. The molecular formula is C11H14N2. The number of nitrogen functional groups attached to an aromatic ring is 1. The lowest BCUT2D eigenvalue weighted by molar-refractivity contribution is 0.818. The highest BCUT2D eigenvalue weighted by Crippen LogP contribution is 2.07. The fourth-order valence-electron chi connectivity index (χ4n) is 0.956. The minimum absolute atomic E-state index is 0.749. The number of hydrogen-bond donors (Lipinski definition) is 2. The number of para-hydroxylation sites is 1. The van der Waals surface area contributed by atoms with Crippen molar-refractivity contribution in [3.05, 3.63) is 29.8 Å². The molecule has 0 radical (unpaired) electrons. The van der Waals surface area contributed by atoms with Crippen LogP contribution < -0.4 is 11.1 Å². The summed E-state index contributed by atoms with van der Waals surface area (Å²) in [5, 5.41) is 3.03. The summed E-state index contributed by atoms with van der Waals surface area (Å²) >= 11 is 0. The Hall–Kier alpha value is -1.46. The van der Waals surface area contributed by atoms with E-state index in [-0.39, 0.29) is 0 Å². The maximum Gasteiger partial charge on any atom is 0.0474 e. The molecule has 0 unspecified atom stereocenters. The first-order chi connectivity index (χ1) is 6.34. The van der Waals surface area contributed by atoms with Crippen LogP contribution in [0.15, 0.2) is 24.3 Å². The Morgan fingerprint density at radius 2 is 2.15 bits per heavy atom. The molecule has 0 saturated carbocycles. The lowest BCUT2D eigenvalue weighted by atomic mass is 10.2. The zero-order chi connectivity index (χ0) is 9.52. The van der Waals surface area contributed by atoms with E-state index < -0.39 is 0 Å². The van der Waals surface area contributed by atoms with Crippen molar-refractivity contribution in [1.29, 1.82) is 0 Å². The van der Waals surface area contributed by atoms with Gasteiger partial charge in [0.1, 0.15) is 0 Å². The van der Waals surface area contributed by atoms with Crippen LogP contribution in [-0.2, 0) is 0 Å². The SMILES string of the molecule is CNCCC#Cc1ccccc1N. The van der Waals surface area contributed by atoms with Gasteiger partial charge in [-0.2, -0.15) is 0 Å². The van der Waals surface area contributed by atoms with Crippen LogP contribution in [0.5, 0.6) is 0 Å². The Morgan fingerprint density at radius 1 is 1.38 bits per heavy atom. The largest absolute Gasteiger partial charge is 0.398 e. The fraction of sp³-hybridized carbons (Fsp3) is 0.273. The van der Waals surface area contributed by atoms with Crippen LogP contribution in [-0.4, -0.2) is 13.6 Å². The minimum atomic E-state index is 0.749. The molecule has 1 aromatic carbocycles. The maximum absolute atomic E-state index is 5.72. The summed E-state index contributed by atoms with van der Waals surface area (Å²) in [6.45, 7) is 0.916. The maximum atomic E-state index is 5.72. The third-order valence-electron chi connectivity index (χ3n) is 1.68. The number of hydrogen-bond acceptors (Lipinski definition) is 2. The summed E-state index contributed by atoms with van der Waals surface area (Å²) in [7, 11) is 1.92. The molecule has 0 fully saturated rings. The smallest absolute Gasteiger partial charge is 0.0474 e. The van der Waals surface area contributed by atoms with E-state index in [2.05, 4.69) is 17.2 Å².